The van der Waals surface area contributed by atoms with Crippen molar-refractivity contribution in [3.8, 4) is 0 Å². The molecule has 1 aliphatic carbocycles. The van der Waals surface area contributed by atoms with Gasteiger partial charge in [0.25, 0.3) is 0 Å². The number of fused-ring (bicyclic) bond motifs is 2. The Bertz CT molecular complexity index is 762. The van der Waals surface area contributed by atoms with Crippen molar-refractivity contribution in [2.24, 2.45) is 0 Å². The second kappa shape index (κ2) is 5.52. The van der Waals surface area contributed by atoms with Gasteiger partial charge in [0, 0.05) is 34.4 Å². The van der Waals surface area contributed by atoms with E-state index < -0.39 is 0 Å². The Balaban J connectivity index is 2.42. The third kappa shape index (κ3) is 2.01. The van der Waals surface area contributed by atoms with E-state index in [4.69, 9.17) is 0 Å². The Hall–Kier alpha value is -1.66. The van der Waals surface area contributed by atoms with Gasteiger partial charge in [-0.25, -0.2) is 0 Å². The van der Waals surface area contributed by atoms with Gasteiger partial charge in [-0.1, -0.05) is 31.9 Å². The lowest BCUT2D eigenvalue weighted by atomic mass is 9.82. The van der Waals surface area contributed by atoms with E-state index >= 15 is 0 Å². The Morgan fingerprint density at radius 3 is 1.36 bits per heavy atom. The molecule has 0 unspecified atom stereocenters. The van der Waals surface area contributed by atoms with Crippen molar-refractivity contribution in [2.75, 3.05) is 24.7 Å². The number of anilines is 2. The molecule has 0 spiro atoms. The minimum atomic E-state index is -0.167. The highest BCUT2D eigenvalue weighted by Crippen LogP contribution is 2.41. The number of nitrogens with one attached hydrogen (secondary N) is 2. The van der Waals surface area contributed by atoms with Gasteiger partial charge in [-0.05, 0) is 24.3 Å². The predicted octanol–water partition coefficient (Wildman–Crippen LogP) is 4.07. The predicted molar refractivity (Wildman–Crippen MR) is 94.2 cm³/mol. The van der Waals surface area contributed by atoms with Crippen LogP contribution in [0.25, 0.3) is 0 Å². The van der Waals surface area contributed by atoms with Gasteiger partial charge in [-0.2, -0.15) is 0 Å². The highest BCUT2D eigenvalue weighted by atomic mass is 79.9. The summed E-state index contributed by atoms with van der Waals surface area (Å²) >= 11 is 6.79. The molecule has 0 bridgehead atoms. The molecule has 22 heavy (non-hydrogen) atoms. The van der Waals surface area contributed by atoms with E-state index in [-0.39, 0.29) is 11.6 Å². The normalized spacial score (nSPS) is 12.7. The number of hydrogen-bond acceptors (Lipinski definition) is 4. The van der Waals surface area contributed by atoms with E-state index in [0.717, 1.165) is 0 Å². The van der Waals surface area contributed by atoms with Crippen molar-refractivity contribution in [1.82, 2.24) is 0 Å². The van der Waals surface area contributed by atoms with Crippen LogP contribution < -0.4 is 10.6 Å². The second-order valence-corrected chi connectivity index (χ2v) is 6.56. The smallest absolute Gasteiger partial charge is 0.197 e. The number of rotatable bonds is 2. The van der Waals surface area contributed by atoms with Crippen LogP contribution in [-0.2, 0) is 0 Å². The van der Waals surface area contributed by atoms with Crippen molar-refractivity contribution in [3.63, 3.8) is 0 Å². The van der Waals surface area contributed by atoms with Crippen LogP contribution in [-0.4, -0.2) is 25.7 Å². The number of halogens is 2. The Kier molecular flexibility index (Phi) is 3.82. The maximum Gasteiger partial charge on any atom is 0.197 e. The van der Waals surface area contributed by atoms with Crippen LogP contribution in [0, 0.1) is 0 Å². The number of carbonyl (C=O) groups excluding carboxylic acids is 2. The van der Waals surface area contributed by atoms with E-state index in [1.165, 1.54) is 0 Å². The molecule has 0 saturated heterocycles. The third-order valence-electron chi connectivity index (χ3n) is 3.76. The van der Waals surface area contributed by atoms with Gasteiger partial charge in [0.1, 0.15) is 0 Å². The van der Waals surface area contributed by atoms with Crippen LogP contribution in [0.15, 0.2) is 33.2 Å². The van der Waals surface area contributed by atoms with Gasteiger partial charge in [-0.15, -0.1) is 0 Å². The Morgan fingerprint density at radius 2 is 1.05 bits per heavy atom. The Labute approximate surface area is 144 Å². The third-order valence-corrected chi connectivity index (χ3v) is 5.08. The number of benzene rings is 2. The number of hydrogen-bond donors (Lipinski definition) is 2. The van der Waals surface area contributed by atoms with Gasteiger partial charge < -0.3 is 10.6 Å². The number of ketones is 2. The van der Waals surface area contributed by atoms with Gasteiger partial charge in [0.05, 0.1) is 22.3 Å². The summed E-state index contributed by atoms with van der Waals surface area (Å²) in [6.45, 7) is 0. The molecule has 0 saturated carbocycles. The quantitative estimate of drug-likeness (QED) is 0.652. The summed E-state index contributed by atoms with van der Waals surface area (Å²) < 4.78 is 1.24. The summed E-state index contributed by atoms with van der Waals surface area (Å²) in [6, 6.07) is 7.12. The van der Waals surface area contributed by atoms with Crippen molar-refractivity contribution >= 4 is 54.8 Å². The molecule has 2 aromatic carbocycles. The molecule has 0 heterocycles. The lowest BCUT2D eigenvalue weighted by Gasteiger charge is -2.24. The molecule has 2 N–H and O–H groups in total. The highest BCUT2D eigenvalue weighted by molar-refractivity contribution is 9.10. The van der Waals surface area contributed by atoms with Crippen LogP contribution in [0.1, 0.15) is 31.8 Å². The molecule has 0 fully saturated rings. The van der Waals surface area contributed by atoms with Gasteiger partial charge in [0.15, 0.2) is 11.6 Å². The lowest BCUT2D eigenvalue weighted by Crippen LogP contribution is -2.24. The van der Waals surface area contributed by atoms with Crippen molar-refractivity contribution < 1.29 is 9.59 Å². The first-order valence-electron chi connectivity index (χ1n) is 6.61. The SMILES string of the molecule is CNc1ccc(Br)c2c1C(=O)c1c(Br)ccc(NC)c1C2=O. The average molecular weight is 424 g/mol. The fourth-order valence-electron chi connectivity index (χ4n) is 2.74. The average Bonchev–Trinajstić information content (AvgIpc) is 2.52. The first-order chi connectivity index (χ1) is 10.5. The molecular weight excluding hydrogens is 412 g/mol. The van der Waals surface area contributed by atoms with Gasteiger partial charge in [0.2, 0.25) is 0 Å². The molecule has 6 heteroatoms. The van der Waals surface area contributed by atoms with Gasteiger partial charge in [-0.3, -0.25) is 9.59 Å². The molecule has 0 aliphatic heterocycles. The van der Waals surface area contributed by atoms with E-state index in [2.05, 4.69) is 42.5 Å². The maximum absolute atomic E-state index is 13.0. The molecule has 0 amide bonds. The molecular formula is C16H12Br2N2O2. The highest BCUT2D eigenvalue weighted by Gasteiger charge is 2.36. The summed E-state index contributed by atoms with van der Waals surface area (Å²) in [5, 5.41) is 5.97. The van der Waals surface area contributed by atoms with Crippen LogP contribution in [0.5, 0.6) is 0 Å². The largest absolute Gasteiger partial charge is 0.388 e. The standard InChI is InChI=1S/C16H12Br2N2O2/c1-19-9-5-3-7(17)11-13(9)15(21)12-8(18)4-6-10(20-2)14(12)16(11)22/h3-6,19-20H,1-2H3. The minimum absolute atomic E-state index is 0.167. The Morgan fingerprint density at radius 1 is 0.682 bits per heavy atom. The summed E-state index contributed by atoms with van der Waals surface area (Å²) in [5.41, 5.74) is 2.90. The minimum Gasteiger partial charge on any atom is -0.388 e. The van der Waals surface area contributed by atoms with Crippen LogP contribution >= 0.6 is 31.9 Å². The zero-order valence-electron chi connectivity index (χ0n) is 11.9. The molecule has 112 valence electrons. The van der Waals surface area contributed by atoms with Gasteiger partial charge >= 0.3 is 0 Å². The maximum atomic E-state index is 13.0. The number of carbonyl (C=O) groups is 2. The molecule has 0 atom stereocenters. The van der Waals surface area contributed by atoms with Crippen molar-refractivity contribution in [2.45, 2.75) is 0 Å². The van der Waals surface area contributed by atoms with Crippen LogP contribution in [0.4, 0.5) is 11.4 Å². The molecule has 0 aromatic heterocycles. The monoisotopic (exact) mass is 422 g/mol. The zero-order chi connectivity index (χ0) is 16.0. The molecule has 3 rings (SSSR count). The first-order valence-corrected chi connectivity index (χ1v) is 8.19. The fraction of sp³-hybridized carbons (Fsp3) is 0.125. The fourth-order valence-corrected chi connectivity index (χ4v) is 3.76. The zero-order valence-corrected chi connectivity index (χ0v) is 15.1. The summed E-state index contributed by atoms with van der Waals surface area (Å²) in [6.07, 6.45) is 0. The molecule has 2 aromatic rings. The summed E-state index contributed by atoms with van der Waals surface area (Å²) in [7, 11) is 3.46. The van der Waals surface area contributed by atoms with Crippen LogP contribution in [0.3, 0.4) is 0 Å². The van der Waals surface area contributed by atoms with E-state index in [1.54, 1.807) is 38.4 Å². The molecule has 1 aliphatic rings. The second-order valence-electron chi connectivity index (χ2n) is 4.85. The molecule has 4 nitrogen and oxygen atoms in total. The van der Waals surface area contributed by atoms with Crippen molar-refractivity contribution in [3.05, 3.63) is 55.5 Å². The van der Waals surface area contributed by atoms with E-state index in [0.29, 0.717) is 42.6 Å². The molecule has 0 radical (unpaired) electrons. The lowest BCUT2D eigenvalue weighted by molar-refractivity contribution is 0.0979. The van der Waals surface area contributed by atoms with E-state index in [1.807, 2.05) is 0 Å². The topological polar surface area (TPSA) is 58.2 Å². The van der Waals surface area contributed by atoms with Crippen LogP contribution in [0.2, 0.25) is 0 Å². The van der Waals surface area contributed by atoms with E-state index in [9.17, 15) is 9.59 Å². The summed E-state index contributed by atoms with van der Waals surface area (Å²) in [5.74, 6) is -0.335. The first kappa shape index (κ1) is 15.2. The summed E-state index contributed by atoms with van der Waals surface area (Å²) in [4.78, 5) is 26.0. The van der Waals surface area contributed by atoms with Crippen molar-refractivity contribution in [1.29, 1.82) is 0 Å².